The molecule has 4 nitrogen and oxygen atoms in total. The lowest BCUT2D eigenvalue weighted by molar-refractivity contribution is 0.102. The van der Waals surface area contributed by atoms with Gasteiger partial charge in [0.1, 0.15) is 6.04 Å². The third-order valence-corrected chi connectivity index (χ3v) is 4.24. The Morgan fingerprint density at radius 1 is 1.20 bits per heavy atom. The van der Waals surface area contributed by atoms with Gasteiger partial charge in [-0.3, -0.25) is 4.79 Å². The highest BCUT2D eigenvalue weighted by Crippen LogP contribution is 2.39. The topological polar surface area (TPSA) is 78.9 Å². The third kappa shape index (κ3) is 2.16. The SMILES string of the molecule is N#CC(N)c1ccc2c(c1)Sc1ccccc1NC2=O. The van der Waals surface area contributed by atoms with Crippen molar-refractivity contribution in [2.45, 2.75) is 15.8 Å². The van der Waals surface area contributed by atoms with E-state index in [1.54, 1.807) is 12.1 Å². The van der Waals surface area contributed by atoms with Gasteiger partial charge in [-0.1, -0.05) is 30.0 Å². The third-order valence-electron chi connectivity index (χ3n) is 3.10. The van der Waals surface area contributed by atoms with E-state index in [0.717, 1.165) is 15.5 Å². The summed E-state index contributed by atoms with van der Waals surface area (Å²) in [6.07, 6.45) is 0. The van der Waals surface area contributed by atoms with Crippen LogP contribution in [0.3, 0.4) is 0 Å². The molecule has 0 spiro atoms. The van der Waals surface area contributed by atoms with Crippen molar-refractivity contribution >= 4 is 23.4 Å². The summed E-state index contributed by atoms with van der Waals surface area (Å²) in [5, 5.41) is 11.8. The van der Waals surface area contributed by atoms with Crippen LogP contribution in [-0.4, -0.2) is 5.91 Å². The molecule has 2 aromatic carbocycles. The molecule has 1 unspecified atom stereocenters. The van der Waals surface area contributed by atoms with Gasteiger partial charge >= 0.3 is 0 Å². The van der Waals surface area contributed by atoms with Crippen LogP contribution >= 0.6 is 11.8 Å². The van der Waals surface area contributed by atoms with Crippen LogP contribution in [0, 0.1) is 11.3 Å². The van der Waals surface area contributed by atoms with Crippen LogP contribution in [0.25, 0.3) is 0 Å². The van der Waals surface area contributed by atoms with E-state index >= 15 is 0 Å². The smallest absolute Gasteiger partial charge is 0.256 e. The number of benzene rings is 2. The van der Waals surface area contributed by atoms with Crippen molar-refractivity contribution in [3.63, 3.8) is 0 Å². The molecule has 0 fully saturated rings. The molecule has 1 aliphatic heterocycles. The maximum atomic E-state index is 12.2. The van der Waals surface area contributed by atoms with Crippen LogP contribution in [0.5, 0.6) is 0 Å². The highest BCUT2D eigenvalue weighted by atomic mass is 32.2. The van der Waals surface area contributed by atoms with Gasteiger partial charge in [-0.2, -0.15) is 5.26 Å². The molecule has 20 heavy (non-hydrogen) atoms. The van der Waals surface area contributed by atoms with Gasteiger partial charge in [0.05, 0.1) is 17.3 Å². The number of nitrogens with two attached hydrogens (primary N) is 1. The molecule has 1 amide bonds. The van der Waals surface area contributed by atoms with Crippen molar-refractivity contribution in [2.24, 2.45) is 5.73 Å². The van der Waals surface area contributed by atoms with E-state index in [4.69, 9.17) is 11.0 Å². The van der Waals surface area contributed by atoms with Gasteiger partial charge in [-0.15, -0.1) is 0 Å². The number of nitrogens with one attached hydrogen (secondary N) is 1. The second-order valence-corrected chi connectivity index (χ2v) is 5.50. The summed E-state index contributed by atoms with van der Waals surface area (Å²) in [6.45, 7) is 0. The minimum absolute atomic E-state index is 0.144. The Hall–Kier alpha value is -2.29. The van der Waals surface area contributed by atoms with Gasteiger partial charge < -0.3 is 11.1 Å². The molecule has 2 aromatic rings. The summed E-state index contributed by atoms with van der Waals surface area (Å²) in [6, 6.07) is 14.2. The summed E-state index contributed by atoms with van der Waals surface area (Å²) in [7, 11) is 0. The van der Waals surface area contributed by atoms with Gasteiger partial charge in [0.15, 0.2) is 0 Å². The van der Waals surface area contributed by atoms with Crippen molar-refractivity contribution in [3.8, 4) is 6.07 Å². The maximum absolute atomic E-state index is 12.2. The first-order chi connectivity index (χ1) is 9.69. The van der Waals surface area contributed by atoms with Crippen LogP contribution in [-0.2, 0) is 0 Å². The van der Waals surface area contributed by atoms with Crippen LogP contribution in [0.4, 0.5) is 5.69 Å². The van der Waals surface area contributed by atoms with Crippen molar-refractivity contribution in [1.82, 2.24) is 0 Å². The van der Waals surface area contributed by atoms with Gasteiger partial charge in [0.25, 0.3) is 5.91 Å². The lowest BCUT2D eigenvalue weighted by Crippen LogP contribution is -2.13. The highest BCUT2D eigenvalue weighted by molar-refractivity contribution is 7.99. The molecule has 0 radical (unpaired) electrons. The lowest BCUT2D eigenvalue weighted by atomic mass is 10.1. The minimum Gasteiger partial charge on any atom is -0.321 e. The molecule has 0 bridgehead atoms. The fourth-order valence-corrected chi connectivity index (χ4v) is 3.12. The largest absolute Gasteiger partial charge is 0.321 e. The predicted octanol–water partition coefficient (Wildman–Crippen LogP) is 2.93. The second kappa shape index (κ2) is 5.00. The van der Waals surface area contributed by atoms with Crippen LogP contribution in [0.2, 0.25) is 0 Å². The molecule has 5 heteroatoms. The molecule has 0 saturated carbocycles. The van der Waals surface area contributed by atoms with E-state index in [0.29, 0.717) is 11.1 Å². The van der Waals surface area contributed by atoms with Crippen LogP contribution in [0.1, 0.15) is 22.0 Å². The fourth-order valence-electron chi connectivity index (χ4n) is 2.05. The highest BCUT2D eigenvalue weighted by Gasteiger charge is 2.20. The monoisotopic (exact) mass is 281 g/mol. The first-order valence-corrected chi connectivity index (χ1v) is 6.88. The predicted molar refractivity (Wildman–Crippen MR) is 77.5 cm³/mol. The number of fused-ring (bicyclic) bond motifs is 2. The summed E-state index contributed by atoms with van der Waals surface area (Å²) < 4.78 is 0. The van der Waals surface area contributed by atoms with E-state index in [2.05, 4.69) is 5.32 Å². The van der Waals surface area contributed by atoms with Gasteiger partial charge in [-0.05, 0) is 29.8 Å². The van der Waals surface area contributed by atoms with Crippen molar-refractivity contribution in [1.29, 1.82) is 5.26 Å². The maximum Gasteiger partial charge on any atom is 0.256 e. The molecule has 3 rings (SSSR count). The van der Waals surface area contributed by atoms with Gasteiger partial charge in [-0.25, -0.2) is 0 Å². The summed E-state index contributed by atoms with van der Waals surface area (Å²) in [5.74, 6) is -0.144. The zero-order valence-electron chi connectivity index (χ0n) is 10.5. The average Bonchev–Trinajstić information content (AvgIpc) is 2.61. The molecular weight excluding hydrogens is 270 g/mol. The molecule has 3 N–H and O–H groups in total. The summed E-state index contributed by atoms with van der Waals surface area (Å²) in [5.41, 5.74) is 7.83. The molecule has 1 heterocycles. The molecule has 1 aliphatic rings. The Balaban J connectivity index is 2.11. The first-order valence-electron chi connectivity index (χ1n) is 6.06. The number of carbonyl (C=O) groups excluding carboxylic acids is 1. The number of anilines is 1. The first kappa shape index (κ1) is 12.7. The lowest BCUT2D eigenvalue weighted by Gasteiger charge is -2.08. The number of carbonyl (C=O) groups is 1. The minimum atomic E-state index is -0.678. The van der Waals surface area contributed by atoms with Crippen molar-refractivity contribution < 1.29 is 4.79 Å². The molecule has 0 aromatic heterocycles. The number of nitrogens with zero attached hydrogens (tertiary/aromatic N) is 1. The Morgan fingerprint density at radius 3 is 2.80 bits per heavy atom. The zero-order chi connectivity index (χ0) is 14.1. The summed E-state index contributed by atoms with van der Waals surface area (Å²) >= 11 is 1.50. The Kier molecular flexibility index (Phi) is 3.18. The Labute approximate surface area is 120 Å². The second-order valence-electron chi connectivity index (χ2n) is 4.41. The number of hydrogen-bond donors (Lipinski definition) is 2. The number of rotatable bonds is 1. The number of nitriles is 1. The zero-order valence-corrected chi connectivity index (χ0v) is 11.3. The molecule has 1 atom stereocenters. The average molecular weight is 281 g/mol. The van der Waals surface area contributed by atoms with Crippen molar-refractivity contribution in [3.05, 3.63) is 53.6 Å². The summed E-state index contributed by atoms with van der Waals surface area (Å²) in [4.78, 5) is 14.0. The van der Waals surface area contributed by atoms with Crippen LogP contribution < -0.4 is 11.1 Å². The normalized spacial score (nSPS) is 14.3. The van der Waals surface area contributed by atoms with Crippen LogP contribution in [0.15, 0.2) is 52.3 Å². The molecule has 98 valence electrons. The molecule has 0 aliphatic carbocycles. The number of hydrogen-bond acceptors (Lipinski definition) is 4. The van der Waals surface area contributed by atoms with E-state index in [1.165, 1.54) is 11.8 Å². The Bertz CT molecular complexity index is 736. The standard InChI is InChI=1S/C15H11N3OS/c16-8-11(17)9-5-6-10-14(7-9)20-13-4-2-1-3-12(13)18-15(10)19/h1-7,11H,17H2,(H,18,19). The van der Waals surface area contributed by atoms with E-state index in [9.17, 15) is 4.79 Å². The number of amides is 1. The fraction of sp³-hybridized carbons (Fsp3) is 0.0667. The molecular formula is C15H11N3OS. The molecule has 0 saturated heterocycles. The van der Waals surface area contributed by atoms with E-state index in [1.807, 2.05) is 36.4 Å². The van der Waals surface area contributed by atoms with E-state index < -0.39 is 6.04 Å². The Morgan fingerprint density at radius 2 is 2.00 bits per heavy atom. The van der Waals surface area contributed by atoms with E-state index in [-0.39, 0.29) is 5.91 Å². The van der Waals surface area contributed by atoms with Crippen molar-refractivity contribution in [2.75, 3.05) is 5.32 Å². The number of para-hydroxylation sites is 1. The quantitative estimate of drug-likeness (QED) is 0.842. The van der Waals surface area contributed by atoms with Gasteiger partial charge in [0, 0.05) is 9.79 Å². The van der Waals surface area contributed by atoms with Gasteiger partial charge in [0.2, 0.25) is 0 Å².